The predicted molar refractivity (Wildman–Crippen MR) is 40.5 cm³/mol. The summed E-state index contributed by atoms with van der Waals surface area (Å²) in [6.45, 7) is -0.717. The topological polar surface area (TPSA) is 37.4 Å². The first-order valence-corrected chi connectivity index (χ1v) is 5.74. The van der Waals surface area contributed by atoms with E-state index >= 15 is 0 Å². The largest absolute Gasteiger partial charge is 0.393 e. The van der Waals surface area contributed by atoms with Crippen molar-refractivity contribution in [3.05, 3.63) is 0 Å². The molecule has 0 radical (unpaired) electrons. The standard InChI is InChI=1S/C5H7ClF3NO2S/c6-13(11,12)10-2-1-4(3-10)5(7,8)9/h4H,1-3H2. The highest BCUT2D eigenvalue weighted by Crippen LogP contribution is 2.34. The molecule has 1 aliphatic heterocycles. The van der Waals surface area contributed by atoms with Crippen molar-refractivity contribution < 1.29 is 21.6 Å². The Kier molecular flexibility index (Phi) is 2.80. The van der Waals surface area contributed by atoms with Gasteiger partial charge in [0.2, 0.25) is 0 Å². The summed E-state index contributed by atoms with van der Waals surface area (Å²) in [4.78, 5) is 0. The third-order valence-electron chi connectivity index (χ3n) is 1.92. The third kappa shape index (κ3) is 2.72. The minimum atomic E-state index is -4.34. The minimum absolute atomic E-state index is 0.157. The molecule has 0 aliphatic carbocycles. The van der Waals surface area contributed by atoms with E-state index in [1.54, 1.807) is 0 Å². The molecule has 3 nitrogen and oxygen atoms in total. The fourth-order valence-electron chi connectivity index (χ4n) is 1.19. The quantitative estimate of drug-likeness (QED) is 0.646. The molecule has 1 atom stereocenters. The van der Waals surface area contributed by atoms with Crippen LogP contribution in [0.15, 0.2) is 0 Å². The van der Waals surface area contributed by atoms with Crippen LogP contribution in [0.25, 0.3) is 0 Å². The second kappa shape index (κ2) is 3.29. The average molecular weight is 238 g/mol. The molecule has 0 amide bonds. The van der Waals surface area contributed by atoms with E-state index < -0.39 is 27.9 Å². The van der Waals surface area contributed by atoms with Crippen molar-refractivity contribution in [2.75, 3.05) is 13.1 Å². The maximum atomic E-state index is 12.1. The Bertz CT molecular complexity index is 289. The van der Waals surface area contributed by atoms with Crippen LogP contribution in [-0.4, -0.2) is 32.0 Å². The molecule has 0 aromatic rings. The van der Waals surface area contributed by atoms with Crippen molar-refractivity contribution in [1.29, 1.82) is 0 Å². The van der Waals surface area contributed by atoms with Crippen molar-refractivity contribution in [3.63, 3.8) is 0 Å². The molecule has 1 fully saturated rings. The summed E-state index contributed by atoms with van der Waals surface area (Å²) in [5, 5.41) is 0. The van der Waals surface area contributed by atoms with Crippen molar-refractivity contribution in [2.24, 2.45) is 5.92 Å². The second-order valence-corrected chi connectivity index (χ2v) is 5.34. The molecule has 1 unspecified atom stereocenters. The molecule has 13 heavy (non-hydrogen) atoms. The minimum Gasteiger partial charge on any atom is -0.195 e. The van der Waals surface area contributed by atoms with Crippen LogP contribution in [0.2, 0.25) is 0 Å². The molecule has 0 aromatic heterocycles. The fraction of sp³-hybridized carbons (Fsp3) is 1.00. The fourth-order valence-corrected chi connectivity index (χ4v) is 2.25. The van der Waals surface area contributed by atoms with Crippen molar-refractivity contribution >= 4 is 19.9 Å². The van der Waals surface area contributed by atoms with E-state index in [1.165, 1.54) is 0 Å². The number of nitrogens with zero attached hydrogens (tertiary/aromatic N) is 1. The smallest absolute Gasteiger partial charge is 0.195 e. The molecular formula is C5H7ClF3NO2S. The number of hydrogen-bond acceptors (Lipinski definition) is 2. The number of hydrogen-bond donors (Lipinski definition) is 0. The Morgan fingerprint density at radius 1 is 1.38 bits per heavy atom. The Hall–Kier alpha value is -0.0100. The van der Waals surface area contributed by atoms with Gasteiger partial charge < -0.3 is 0 Å². The van der Waals surface area contributed by atoms with Crippen LogP contribution in [-0.2, 0) is 9.24 Å². The zero-order valence-corrected chi connectivity index (χ0v) is 7.95. The van der Waals surface area contributed by atoms with Gasteiger partial charge >= 0.3 is 6.18 Å². The highest BCUT2D eigenvalue weighted by molar-refractivity contribution is 8.11. The first-order valence-electron chi connectivity index (χ1n) is 3.47. The first kappa shape index (κ1) is 11.1. The molecule has 1 heterocycles. The zero-order valence-electron chi connectivity index (χ0n) is 6.38. The van der Waals surface area contributed by atoms with Gasteiger partial charge in [-0.3, -0.25) is 0 Å². The molecule has 1 rings (SSSR count). The molecule has 0 saturated carbocycles. The molecule has 0 aromatic carbocycles. The summed E-state index contributed by atoms with van der Waals surface area (Å²) in [5.41, 5.74) is 0. The van der Waals surface area contributed by atoms with Gasteiger partial charge in [0, 0.05) is 23.8 Å². The van der Waals surface area contributed by atoms with Crippen LogP contribution in [0.1, 0.15) is 6.42 Å². The summed E-state index contributed by atoms with van der Waals surface area (Å²) in [6.07, 6.45) is -4.55. The molecule has 8 heteroatoms. The molecule has 0 bridgehead atoms. The SMILES string of the molecule is O=S(=O)(Cl)N1CCC(C(F)(F)F)C1. The van der Waals surface area contributed by atoms with E-state index in [1.807, 2.05) is 0 Å². The van der Waals surface area contributed by atoms with Crippen LogP contribution in [0, 0.1) is 5.92 Å². The summed E-state index contributed by atoms with van der Waals surface area (Å²) in [5.74, 6) is -1.58. The number of rotatable bonds is 1. The van der Waals surface area contributed by atoms with Gasteiger partial charge in [-0.05, 0) is 6.42 Å². The third-order valence-corrected chi connectivity index (χ3v) is 3.46. The van der Waals surface area contributed by atoms with Crippen LogP contribution in [0.5, 0.6) is 0 Å². The lowest BCUT2D eigenvalue weighted by atomic mass is 10.1. The Balaban J connectivity index is 2.66. The molecule has 0 spiro atoms. The van der Waals surface area contributed by atoms with E-state index in [4.69, 9.17) is 10.7 Å². The lowest BCUT2D eigenvalue weighted by Crippen LogP contribution is -2.29. The highest BCUT2D eigenvalue weighted by atomic mass is 35.7. The summed E-state index contributed by atoms with van der Waals surface area (Å²) in [7, 11) is 0.895. The number of alkyl halides is 3. The van der Waals surface area contributed by atoms with Crippen molar-refractivity contribution in [1.82, 2.24) is 4.31 Å². The second-order valence-electron chi connectivity index (χ2n) is 2.83. The van der Waals surface area contributed by atoms with Gasteiger partial charge in [0.1, 0.15) is 0 Å². The normalized spacial score (nSPS) is 26.6. The van der Waals surface area contributed by atoms with Gasteiger partial charge in [-0.2, -0.15) is 25.9 Å². The Morgan fingerprint density at radius 2 is 1.92 bits per heavy atom. The monoisotopic (exact) mass is 237 g/mol. The maximum absolute atomic E-state index is 12.1. The van der Waals surface area contributed by atoms with Crippen LogP contribution >= 0.6 is 10.7 Å². The Labute approximate surface area is 78.0 Å². The summed E-state index contributed by atoms with van der Waals surface area (Å²) >= 11 is 0. The number of halogens is 4. The van der Waals surface area contributed by atoms with Crippen LogP contribution in [0.3, 0.4) is 0 Å². The van der Waals surface area contributed by atoms with E-state index in [0.717, 1.165) is 0 Å². The van der Waals surface area contributed by atoms with Gasteiger partial charge in [-0.25, -0.2) is 0 Å². The molecule has 1 saturated heterocycles. The first-order chi connectivity index (χ1) is 5.71. The van der Waals surface area contributed by atoms with E-state index in [2.05, 4.69) is 0 Å². The lowest BCUT2D eigenvalue weighted by Gasteiger charge is -2.14. The van der Waals surface area contributed by atoms with Crippen LogP contribution < -0.4 is 0 Å². The summed E-state index contributed by atoms with van der Waals surface area (Å²) in [6, 6.07) is 0. The van der Waals surface area contributed by atoms with Crippen molar-refractivity contribution in [2.45, 2.75) is 12.6 Å². The van der Waals surface area contributed by atoms with Gasteiger partial charge in [0.25, 0.3) is 9.24 Å². The predicted octanol–water partition coefficient (Wildman–Crippen LogP) is 1.35. The van der Waals surface area contributed by atoms with Gasteiger partial charge in [0.05, 0.1) is 5.92 Å². The highest BCUT2D eigenvalue weighted by Gasteiger charge is 2.45. The van der Waals surface area contributed by atoms with Gasteiger partial charge in [0.15, 0.2) is 0 Å². The summed E-state index contributed by atoms with van der Waals surface area (Å²) < 4.78 is 58.1. The maximum Gasteiger partial charge on any atom is 0.393 e. The van der Waals surface area contributed by atoms with Gasteiger partial charge in [-0.1, -0.05) is 0 Å². The van der Waals surface area contributed by atoms with E-state index in [0.29, 0.717) is 4.31 Å². The Morgan fingerprint density at radius 3 is 2.15 bits per heavy atom. The lowest BCUT2D eigenvalue weighted by molar-refractivity contribution is -0.169. The molecule has 78 valence electrons. The van der Waals surface area contributed by atoms with Crippen LogP contribution in [0.4, 0.5) is 13.2 Å². The molecular weight excluding hydrogens is 231 g/mol. The average Bonchev–Trinajstić information content (AvgIpc) is 2.28. The van der Waals surface area contributed by atoms with Gasteiger partial charge in [-0.15, -0.1) is 0 Å². The van der Waals surface area contributed by atoms with E-state index in [9.17, 15) is 21.6 Å². The van der Waals surface area contributed by atoms with E-state index in [-0.39, 0.29) is 13.0 Å². The molecule has 1 aliphatic rings. The van der Waals surface area contributed by atoms with Crippen molar-refractivity contribution in [3.8, 4) is 0 Å². The molecule has 0 N–H and O–H groups in total. The zero-order chi connectivity index (χ0) is 10.3.